The van der Waals surface area contributed by atoms with Crippen molar-refractivity contribution >= 4 is 23.2 Å². The molecule has 0 radical (unpaired) electrons. The number of nitrogens with one attached hydrogen (secondary N) is 2. The van der Waals surface area contributed by atoms with Gasteiger partial charge in [0, 0.05) is 18.3 Å². The number of aromatic nitrogens is 4. The average molecular weight is 403 g/mol. The van der Waals surface area contributed by atoms with Crippen molar-refractivity contribution in [3.63, 3.8) is 0 Å². The Labute approximate surface area is 172 Å². The summed E-state index contributed by atoms with van der Waals surface area (Å²) >= 11 is 0. The normalized spacial score (nSPS) is 14.0. The smallest absolute Gasteiger partial charge is 0.252 e. The van der Waals surface area contributed by atoms with E-state index in [-0.39, 0.29) is 23.0 Å². The van der Waals surface area contributed by atoms with Crippen LogP contribution in [-0.2, 0) is 0 Å². The summed E-state index contributed by atoms with van der Waals surface area (Å²) in [7, 11) is 0. The largest absolute Gasteiger partial charge is 0.367 e. The molecule has 1 amide bonds. The van der Waals surface area contributed by atoms with Gasteiger partial charge in [-0.25, -0.2) is 4.98 Å². The Morgan fingerprint density at radius 2 is 2.03 bits per heavy atom. The van der Waals surface area contributed by atoms with Crippen LogP contribution >= 0.6 is 0 Å². The molecule has 10 nitrogen and oxygen atoms in total. The SMILES string of the molecule is N#Cc1cc(C(N)=O)c(Nc2cccc(-n3nccn3)c2)nc1NCC(N)C1CC1. The van der Waals surface area contributed by atoms with E-state index in [1.807, 2.05) is 18.2 Å². The van der Waals surface area contributed by atoms with Gasteiger partial charge in [-0.1, -0.05) is 6.07 Å². The molecule has 2 aromatic heterocycles. The summed E-state index contributed by atoms with van der Waals surface area (Å²) in [5, 5.41) is 23.9. The lowest BCUT2D eigenvalue weighted by molar-refractivity contribution is 0.100. The highest BCUT2D eigenvalue weighted by Gasteiger charge is 2.28. The van der Waals surface area contributed by atoms with Crippen molar-refractivity contribution in [2.24, 2.45) is 17.4 Å². The van der Waals surface area contributed by atoms with Crippen molar-refractivity contribution < 1.29 is 4.79 Å². The summed E-state index contributed by atoms with van der Waals surface area (Å²) < 4.78 is 0. The van der Waals surface area contributed by atoms with Crippen LogP contribution in [0, 0.1) is 17.2 Å². The maximum atomic E-state index is 12.0. The standard InChI is InChI=1S/C20H21N9O/c21-10-13-8-16(18(23)30)20(28-19(13)24-11-17(22)12-4-5-12)27-14-2-1-3-15(9-14)29-25-6-7-26-29/h1-3,6-9,12,17H,4-5,11,22H2,(H2,23,30)(H2,24,27,28). The number of pyridine rings is 1. The number of rotatable bonds is 8. The average Bonchev–Trinajstić information content (AvgIpc) is 3.46. The van der Waals surface area contributed by atoms with E-state index in [1.54, 1.807) is 18.5 Å². The molecule has 6 N–H and O–H groups in total. The summed E-state index contributed by atoms with van der Waals surface area (Å²) in [6.07, 6.45) is 5.40. The first kappa shape index (κ1) is 19.4. The van der Waals surface area contributed by atoms with Crippen molar-refractivity contribution in [1.82, 2.24) is 20.0 Å². The predicted octanol–water partition coefficient (Wildman–Crippen LogP) is 1.53. The second-order valence-electron chi connectivity index (χ2n) is 7.13. The zero-order valence-corrected chi connectivity index (χ0v) is 16.1. The van der Waals surface area contributed by atoms with E-state index in [2.05, 4.69) is 31.9 Å². The number of anilines is 3. The molecule has 1 atom stereocenters. The molecule has 0 aliphatic heterocycles. The van der Waals surface area contributed by atoms with E-state index in [9.17, 15) is 10.1 Å². The number of carbonyl (C=O) groups is 1. The van der Waals surface area contributed by atoms with E-state index in [0.717, 1.165) is 18.5 Å². The van der Waals surface area contributed by atoms with Crippen LogP contribution in [0.25, 0.3) is 5.69 Å². The molecular formula is C20H21N9O. The van der Waals surface area contributed by atoms with Crippen LogP contribution < -0.4 is 22.1 Å². The molecule has 1 fully saturated rings. The molecule has 1 unspecified atom stereocenters. The van der Waals surface area contributed by atoms with Gasteiger partial charge in [0.15, 0.2) is 0 Å². The quantitative estimate of drug-likeness (QED) is 0.440. The molecule has 0 bridgehead atoms. The van der Waals surface area contributed by atoms with Gasteiger partial charge in [0.1, 0.15) is 17.7 Å². The zero-order valence-electron chi connectivity index (χ0n) is 16.1. The number of hydrogen-bond acceptors (Lipinski definition) is 8. The van der Waals surface area contributed by atoms with Crippen molar-refractivity contribution in [2.75, 3.05) is 17.2 Å². The fourth-order valence-corrected chi connectivity index (χ4v) is 3.12. The summed E-state index contributed by atoms with van der Waals surface area (Å²) in [6, 6.07) is 10.8. The number of amides is 1. The number of nitrogens with zero attached hydrogens (tertiary/aromatic N) is 5. The molecule has 2 heterocycles. The lowest BCUT2D eigenvalue weighted by Gasteiger charge is -2.16. The second-order valence-corrected chi connectivity index (χ2v) is 7.13. The molecule has 1 aromatic carbocycles. The minimum Gasteiger partial charge on any atom is -0.367 e. The second kappa shape index (κ2) is 8.18. The van der Waals surface area contributed by atoms with Gasteiger partial charge in [0.05, 0.1) is 29.2 Å². The van der Waals surface area contributed by atoms with Gasteiger partial charge in [-0.15, -0.1) is 0 Å². The van der Waals surface area contributed by atoms with E-state index in [1.165, 1.54) is 10.9 Å². The first-order chi connectivity index (χ1) is 14.5. The highest BCUT2D eigenvalue weighted by molar-refractivity contribution is 5.99. The van der Waals surface area contributed by atoms with Crippen molar-refractivity contribution in [3.05, 3.63) is 53.9 Å². The Balaban J connectivity index is 1.64. The molecule has 10 heteroatoms. The Morgan fingerprint density at radius 3 is 2.70 bits per heavy atom. The van der Waals surface area contributed by atoms with Gasteiger partial charge in [-0.2, -0.15) is 20.3 Å². The third-order valence-corrected chi connectivity index (χ3v) is 4.90. The summed E-state index contributed by atoms with van der Waals surface area (Å²) in [5.74, 6) is 0.414. The van der Waals surface area contributed by atoms with Crippen LogP contribution in [-0.4, -0.2) is 38.5 Å². The molecule has 4 rings (SSSR count). The maximum Gasteiger partial charge on any atom is 0.252 e. The van der Waals surface area contributed by atoms with Crippen LogP contribution in [0.2, 0.25) is 0 Å². The monoisotopic (exact) mass is 403 g/mol. The van der Waals surface area contributed by atoms with Gasteiger partial charge in [0.2, 0.25) is 0 Å². The molecule has 3 aromatic rings. The highest BCUT2D eigenvalue weighted by Crippen LogP contribution is 2.32. The Morgan fingerprint density at radius 1 is 1.27 bits per heavy atom. The molecule has 1 aliphatic carbocycles. The van der Waals surface area contributed by atoms with Gasteiger partial charge >= 0.3 is 0 Å². The van der Waals surface area contributed by atoms with E-state index >= 15 is 0 Å². The number of hydrogen-bond donors (Lipinski definition) is 4. The van der Waals surface area contributed by atoms with Crippen LogP contribution in [0.3, 0.4) is 0 Å². The molecule has 0 spiro atoms. The number of nitrogens with two attached hydrogens (primary N) is 2. The highest BCUT2D eigenvalue weighted by atomic mass is 16.1. The number of nitriles is 1. The molecule has 152 valence electrons. The minimum absolute atomic E-state index is 0.0104. The first-order valence-electron chi connectivity index (χ1n) is 9.53. The third-order valence-electron chi connectivity index (χ3n) is 4.90. The minimum atomic E-state index is -0.687. The fourth-order valence-electron chi connectivity index (χ4n) is 3.12. The number of benzene rings is 1. The van der Waals surface area contributed by atoms with Gasteiger partial charge < -0.3 is 22.1 Å². The molecular weight excluding hydrogens is 382 g/mol. The zero-order chi connectivity index (χ0) is 21.1. The van der Waals surface area contributed by atoms with Crippen LogP contribution in [0.1, 0.15) is 28.8 Å². The van der Waals surface area contributed by atoms with Crippen LogP contribution in [0.5, 0.6) is 0 Å². The van der Waals surface area contributed by atoms with Gasteiger partial charge in [-0.05, 0) is 43.0 Å². The molecule has 30 heavy (non-hydrogen) atoms. The van der Waals surface area contributed by atoms with E-state index < -0.39 is 5.91 Å². The molecule has 1 saturated carbocycles. The van der Waals surface area contributed by atoms with Gasteiger partial charge in [0.25, 0.3) is 5.91 Å². The Bertz CT molecular complexity index is 1100. The van der Waals surface area contributed by atoms with Crippen molar-refractivity contribution in [1.29, 1.82) is 5.26 Å². The lowest BCUT2D eigenvalue weighted by atomic mass is 10.1. The first-order valence-corrected chi connectivity index (χ1v) is 9.53. The summed E-state index contributed by atoms with van der Waals surface area (Å²) in [4.78, 5) is 17.9. The number of carbonyl (C=O) groups excluding carboxylic acids is 1. The fraction of sp³-hybridized carbons (Fsp3) is 0.250. The van der Waals surface area contributed by atoms with Gasteiger partial charge in [-0.3, -0.25) is 4.79 Å². The topological polar surface area (TPSA) is 161 Å². The van der Waals surface area contributed by atoms with Crippen LogP contribution in [0.4, 0.5) is 17.3 Å². The maximum absolute atomic E-state index is 12.0. The number of primary amides is 1. The van der Waals surface area contributed by atoms with Crippen molar-refractivity contribution in [2.45, 2.75) is 18.9 Å². The lowest BCUT2D eigenvalue weighted by Crippen LogP contribution is -2.31. The Hall–Kier alpha value is -3.97. The molecule has 0 saturated heterocycles. The van der Waals surface area contributed by atoms with Crippen molar-refractivity contribution in [3.8, 4) is 11.8 Å². The summed E-state index contributed by atoms with van der Waals surface area (Å²) in [5.41, 5.74) is 13.4. The van der Waals surface area contributed by atoms with E-state index in [0.29, 0.717) is 24.0 Å². The predicted molar refractivity (Wildman–Crippen MR) is 111 cm³/mol. The summed E-state index contributed by atoms with van der Waals surface area (Å²) in [6.45, 7) is 0.488. The molecule has 1 aliphatic rings. The van der Waals surface area contributed by atoms with Crippen LogP contribution in [0.15, 0.2) is 42.7 Å². The third kappa shape index (κ3) is 4.21. The van der Waals surface area contributed by atoms with E-state index in [4.69, 9.17) is 11.5 Å². The Kier molecular flexibility index (Phi) is 5.28.